The molecule has 14 heavy (non-hydrogen) atoms. The van der Waals surface area contributed by atoms with Crippen LogP contribution in [0.4, 0.5) is 0 Å². The van der Waals surface area contributed by atoms with E-state index in [-0.39, 0.29) is 18.3 Å². The second-order valence-electron chi connectivity index (χ2n) is 3.50. The predicted molar refractivity (Wildman–Crippen MR) is 53.7 cm³/mol. The van der Waals surface area contributed by atoms with E-state index in [0.29, 0.717) is 25.5 Å². The Morgan fingerprint density at radius 3 is 2.50 bits per heavy atom. The van der Waals surface area contributed by atoms with Gasteiger partial charge in [-0.05, 0) is 12.8 Å². The first kappa shape index (κ1) is 12.9. The molecule has 0 aliphatic carbocycles. The van der Waals surface area contributed by atoms with E-state index in [0.717, 1.165) is 0 Å². The van der Waals surface area contributed by atoms with Crippen LogP contribution in [-0.4, -0.2) is 25.0 Å². The van der Waals surface area contributed by atoms with Crippen molar-refractivity contribution >= 4 is 11.9 Å². The maximum atomic E-state index is 11.1. The molecule has 0 aliphatic heterocycles. The summed E-state index contributed by atoms with van der Waals surface area (Å²) in [5, 5.41) is 2.66. The monoisotopic (exact) mass is 201 g/mol. The number of hydrogen-bond acceptors (Lipinski definition) is 3. The molecule has 0 atom stereocenters. The van der Waals surface area contributed by atoms with E-state index in [1.54, 1.807) is 6.92 Å². The Labute approximate surface area is 85.0 Å². The van der Waals surface area contributed by atoms with Gasteiger partial charge in [0.25, 0.3) is 0 Å². The Morgan fingerprint density at radius 2 is 2.00 bits per heavy atom. The molecule has 0 aromatic carbocycles. The van der Waals surface area contributed by atoms with Gasteiger partial charge < -0.3 is 10.1 Å². The first-order valence-corrected chi connectivity index (χ1v) is 4.98. The average Bonchev–Trinajstić information content (AvgIpc) is 2.02. The number of hydrogen-bond donors (Lipinski definition) is 1. The summed E-state index contributed by atoms with van der Waals surface area (Å²) in [6, 6.07) is 0. The van der Waals surface area contributed by atoms with Crippen molar-refractivity contribution in [3.63, 3.8) is 0 Å². The van der Waals surface area contributed by atoms with Gasteiger partial charge in [-0.3, -0.25) is 9.59 Å². The standard InChI is InChI=1S/C10H19NO3/c1-4-14-10(13)5-6-11-9(12)7-8(2)3/h8H,4-7H2,1-3H3,(H,11,12). The number of ether oxygens (including phenoxy) is 1. The summed E-state index contributed by atoms with van der Waals surface area (Å²) < 4.78 is 4.71. The molecule has 0 aromatic rings. The zero-order valence-electron chi connectivity index (χ0n) is 9.13. The van der Waals surface area contributed by atoms with Gasteiger partial charge in [0.15, 0.2) is 0 Å². The van der Waals surface area contributed by atoms with Crippen molar-refractivity contribution in [2.45, 2.75) is 33.6 Å². The largest absolute Gasteiger partial charge is 0.466 e. The van der Waals surface area contributed by atoms with Crippen LogP contribution < -0.4 is 5.32 Å². The zero-order chi connectivity index (χ0) is 11.0. The molecule has 0 saturated carbocycles. The van der Waals surface area contributed by atoms with Crippen LogP contribution in [0.2, 0.25) is 0 Å². The second-order valence-corrected chi connectivity index (χ2v) is 3.50. The maximum Gasteiger partial charge on any atom is 0.307 e. The summed E-state index contributed by atoms with van der Waals surface area (Å²) in [4.78, 5) is 22.0. The minimum absolute atomic E-state index is 0.00991. The summed E-state index contributed by atoms with van der Waals surface area (Å²) in [6.45, 7) is 6.47. The number of rotatable bonds is 6. The van der Waals surface area contributed by atoms with Gasteiger partial charge in [-0.2, -0.15) is 0 Å². The van der Waals surface area contributed by atoms with E-state index < -0.39 is 0 Å². The van der Waals surface area contributed by atoms with E-state index >= 15 is 0 Å². The fourth-order valence-corrected chi connectivity index (χ4v) is 0.980. The third-order valence-corrected chi connectivity index (χ3v) is 1.55. The van der Waals surface area contributed by atoms with Crippen LogP contribution in [0.1, 0.15) is 33.6 Å². The first-order valence-electron chi connectivity index (χ1n) is 4.98. The minimum atomic E-state index is -0.266. The van der Waals surface area contributed by atoms with Crippen LogP contribution in [0.5, 0.6) is 0 Å². The number of carbonyl (C=O) groups is 2. The minimum Gasteiger partial charge on any atom is -0.466 e. The van der Waals surface area contributed by atoms with Crippen molar-refractivity contribution < 1.29 is 14.3 Å². The Kier molecular flexibility index (Phi) is 6.80. The fourth-order valence-electron chi connectivity index (χ4n) is 0.980. The van der Waals surface area contributed by atoms with Crippen LogP contribution in [0.3, 0.4) is 0 Å². The van der Waals surface area contributed by atoms with Crippen molar-refractivity contribution in [2.24, 2.45) is 5.92 Å². The lowest BCUT2D eigenvalue weighted by molar-refractivity contribution is -0.143. The molecule has 0 spiro atoms. The topological polar surface area (TPSA) is 55.4 Å². The Hall–Kier alpha value is -1.06. The molecular weight excluding hydrogens is 182 g/mol. The summed E-state index contributed by atoms with van der Waals surface area (Å²) in [5.41, 5.74) is 0. The number of nitrogens with one attached hydrogen (secondary N) is 1. The van der Waals surface area contributed by atoms with Crippen LogP contribution in [-0.2, 0) is 14.3 Å². The van der Waals surface area contributed by atoms with Gasteiger partial charge in [-0.1, -0.05) is 13.8 Å². The summed E-state index contributed by atoms with van der Waals surface area (Å²) >= 11 is 0. The molecule has 82 valence electrons. The Bertz CT molecular complexity index is 190. The van der Waals surface area contributed by atoms with Crippen LogP contribution >= 0.6 is 0 Å². The number of amides is 1. The van der Waals surface area contributed by atoms with E-state index in [4.69, 9.17) is 4.74 Å². The van der Waals surface area contributed by atoms with E-state index in [9.17, 15) is 9.59 Å². The molecule has 0 saturated heterocycles. The SMILES string of the molecule is CCOC(=O)CCNC(=O)CC(C)C. The molecule has 0 rings (SSSR count). The summed E-state index contributed by atoms with van der Waals surface area (Å²) in [7, 11) is 0. The van der Waals surface area contributed by atoms with E-state index in [2.05, 4.69) is 5.32 Å². The molecule has 1 N–H and O–H groups in total. The molecule has 0 radical (unpaired) electrons. The van der Waals surface area contributed by atoms with Crippen LogP contribution in [0.25, 0.3) is 0 Å². The van der Waals surface area contributed by atoms with Crippen LogP contribution in [0.15, 0.2) is 0 Å². The Morgan fingerprint density at radius 1 is 1.36 bits per heavy atom. The Balaban J connectivity index is 3.44. The second kappa shape index (κ2) is 7.35. The highest BCUT2D eigenvalue weighted by molar-refractivity contribution is 5.77. The summed E-state index contributed by atoms with van der Waals surface area (Å²) in [5.74, 6) is 0.0687. The third kappa shape index (κ3) is 7.58. The average molecular weight is 201 g/mol. The smallest absolute Gasteiger partial charge is 0.307 e. The van der Waals surface area contributed by atoms with Crippen molar-refractivity contribution in [3.8, 4) is 0 Å². The molecule has 0 bridgehead atoms. The van der Waals surface area contributed by atoms with Gasteiger partial charge in [-0.25, -0.2) is 0 Å². The number of carbonyl (C=O) groups excluding carboxylic acids is 2. The van der Waals surface area contributed by atoms with Gasteiger partial charge >= 0.3 is 5.97 Å². The molecule has 0 heterocycles. The third-order valence-electron chi connectivity index (χ3n) is 1.55. The predicted octanol–water partition coefficient (Wildman–Crippen LogP) is 1.10. The normalized spacial score (nSPS) is 10.0. The fraction of sp³-hybridized carbons (Fsp3) is 0.800. The van der Waals surface area contributed by atoms with Crippen molar-refractivity contribution in [3.05, 3.63) is 0 Å². The molecule has 0 fully saturated rings. The van der Waals surface area contributed by atoms with Gasteiger partial charge in [0.1, 0.15) is 0 Å². The van der Waals surface area contributed by atoms with Crippen molar-refractivity contribution in [1.29, 1.82) is 0 Å². The molecule has 0 aliphatic rings. The molecule has 4 heteroatoms. The lowest BCUT2D eigenvalue weighted by Gasteiger charge is -2.06. The quantitative estimate of drug-likeness (QED) is 0.655. The molecule has 1 amide bonds. The zero-order valence-corrected chi connectivity index (χ0v) is 9.13. The summed E-state index contributed by atoms with van der Waals surface area (Å²) in [6.07, 6.45) is 0.750. The lowest BCUT2D eigenvalue weighted by Crippen LogP contribution is -2.27. The van der Waals surface area contributed by atoms with E-state index in [1.807, 2.05) is 13.8 Å². The molecule has 4 nitrogen and oxygen atoms in total. The lowest BCUT2D eigenvalue weighted by atomic mass is 10.1. The molecular formula is C10H19NO3. The van der Waals surface area contributed by atoms with Crippen molar-refractivity contribution in [2.75, 3.05) is 13.2 Å². The van der Waals surface area contributed by atoms with Gasteiger partial charge in [0.2, 0.25) is 5.91 Å². The first-order chi connectivity index (χ1) is 6.56. The van der Waals surface area contributed by atoms with Gasteiger partial charge in [-0.15, -0.1) is 0 Å². The number of esters is 1. The molecule has 0 aromatic heterocycles. The highest BCUT2D eigenvalue weighted by atomic mass is 16.5. The maximum absolute atomic E-state index is 11.1. The van der Waals surface area contributed by atoms with Gasteiger partial charge in [0, 0.05) is 13.0 Å². The van der Waals surface area contributed by atoms with Gasteiger partial charge in [0.05, 0.1) is 13.0 Å². The highest BCUT2D eigenvalue weighted by Gasteiger charge is 2.05. The molecule has 0 unspecified atom stereocenters. The van der Waals surface area contributed by atoms with E-state index in [1.165, 1.54) is 0 Å². The highest BCUT2D eigenvalue weighted by Crippen LogP contribution is 1.97. The van der Waals surface area contributed by atoms with Crippen LogP contribution in [0, 0.1) is 5.92 Å². The van der Waals surface area contributed by atoms with Crippen molar-refractivity contribution in [1.82, 2.24) is 5.32 Å².